The van der Waals surface area contributed by atoms with Gasteiger partial charge in [0.1, 0.15) is 0 Å². The minimum atomic E-state index is 0.342. The Labute approximate surface area is 267 Å². The van der Waals surface area contributed by atoms with E-state index in [1.54, 1.807) is 0 Å². The molecule has 0 fully saturated rings. The number of hydrogen-bond donors (Lipinski definition) is 0. The van der Waals surface area contributed by atoms with Crippen LogP contribution in [0.5, 0.6) is 0 Å². The molecule has 0 aliphatic heterocycles. The first kappa shape index (κ1) is 25.2. The topological polar surface area (TPSA) is 0 Å². The molecule has 4 aliphatic carbocycles. The van der Waals surface area contributed by atoms with Crippen molar-refractivity contribution in [3.05, 3.63) is 191 Å². The normalized spacial score (nSPS) is 19.9. The Hall–Kier alpha value is -5.11. The predicted octanol–water partition coefficient (Wildman–Crippen LogP) is 11.9. The van der Waals surface area contributed by atoms with Crippen LogP contribution < -0.4 is 0 Å². The maximum Gasteiger partial charge on any atom is 0.0210 e. The second kappa shape index (κ2) is 9.69. The SMILES string of the molecule is C1=CC2=C(c3ccccc3)C=CC3=CC=C4C(Sc5ccc6ccc7c(-c8ccccc8)ccc8ccc5c6c87)=CC=C1C4C32. The lowest BCUT2D eigenvalue weighted by atomic mass is 9.63. The number of rotatable bonds is 4. The van der Waals surface area contributed by atoms with Crippen LogP contribution in [0.2, 0.25) is 0 Å². The molecule has 2 atom stereocenters. The third kappa shape index (κ3) is 3.74. The van der Waals surface area contributed by atoms with E-state index in [4.69, 9.17) is 0 Å². The van der Waals surface area contributed by atoms with Crippen molar-refractivity contribution in [3.8, 4) is 11.1 Å². The summed E-state index contributed by atoms with van der Waals surface area (Å²) < 4.78 is 0. The van der Waals surface area contributed by atoms with Gasteiger partial charge >= 0.3 is 0 Å². The molecule has 0 amide bonds. The van der Waals surface area contributed by atoms with Crippen LogP contribution in [-0.2, 0) is 0 Å². The first-order valence-electron chi connectivity index (χ1n) is 15.8. The van der Waals surface area contributed by atoms with Gasteiger partial charge in [-0.05, 0) is 89.0 Å². The van der Waals surface area contributed by atoms with Crippen LogP contribution in [0, 0.1) is 11.8 Å². The van der Waals surface area contributed by atoms with Gasteiger partial charge < -0.3 is 0 Å². The highest BCUT2D eigenvalue weighted by molar-refractivity contribution is 8.03. The quantitative estimate of drug-likeness (QED) is 0.185. The van der Waals surface area contributed by atoms with E-state index in [0.29, 0.717) is 11.8 Å². The molecule has 0 nitrogen and oxygen atoms in total. The number of hydrogen-bond acceptors (Lipinski definition) is 1. The molecule has 0 aromatic heterocycles. The van der Waals surface area contributed by atoms with Crippen molar-refractivity contribution in [2.24, 2.45) is 11.8 Å². The van der Waals surface area contributed by atoms with Crippen LogP contribution >= 0.6 is 11.8 Å². The lowest BCUT2D eigenvalue weighted by molar-refractivity contribution is 0.564. The zero-order valence-corrected chi connectivity index (χ0v) is 25.4. The van der Waals surface area contributed by atoms with E-state index in [1.807, 2.05) is 11.8 Å². The summed E-state index contributed by atoms with van der Waals surface area (Å²) in [5, 5.41) is 8.00. The molecule has 0 N–H and O–H groups in total. The first-order valence-corrected chi connectivity index (χ1v) is 16.6. The summed E-state index contributed by atoms with van der Waals surface area (Å²) in [7, 11) is 0. The Balaban J connectivity index is 1.09. The van der Waals surface area contributed by atoms with E-state index in [0.717, 1.165) is 0 Å². The van der Waals surface area contributed by atoms with Gasteiger partial charge in [-0.3, -0.25) is 0 Å². The average Bonchev–Trinajstić information content (AvgIpc) is 3.11. The maximum atomic E-state index is 2.39. The molecular weight excluding hydrogens is 561 g/mol. The molecule has 0 bridgehead atoms. The van der Waals surface area contributed by atoms with Crippen LogP contribution in [0.3, 0.4) is 0 Å². The molecule has 0 saturated heterocycles. The van der Waals surface area contributed by atoms with Gasteiger partial charge in [-0.15, -0.1) is 0 Å². The van der Waals surface area contributed by atoms with Crippen LogP contribution in [0.15, 0.2) is 190 Å². The lowest BCUT2D eigenvalue weighted by Gasteiger charge is -2.42. The van der Waals surface area contributed by atoms with Crippen LogP contribution in [-0.4, -0.2) is 0 Å². The summed E-state index contributed by atoms with van der Waals surface area (Å²) in [6, 6.07) is 40.1. The fraction of sp³-hybridized carbons (Fsp3) is 0.0455. The lowest BCUT2D eigenvalue weighted by Crippen LogP contribution is -2.30. The number of benzene rings is 6. The smallest absolute Gasteiger partial charge is 0.0210 e. The van der Waals surface area contributed by atoms with Gasteiger partial charge in [-0.1, -0.05) is 157 Å². The van der Waals surface area contributed by atoms with Crippen LogP contribution in [0.1, 0.15) is 5.56 Å². The third-order valence-corrected chi connectivity index (χ3v) is 11.3. The van der Waals surface area contributed by atoms with Gasteiger partial charge in [0.15, 0.2) is 0 Å². The average molecular weight is 589 g/mol. The molecule has 2 unspecified atom stereocenters. The Morgan fingerprint density at radius 2 is 1.11 bits per heavy atom. The van der Waals surface area contributed by atoms with Crippen LogP contribution in [0.4, 0.5) is 0 Å². The van der Waals surface area contributed by atoms with Gasteiger partial charge in [0, 0.05) is 21.6 Å². The summed E-state index contributed by atoms with van der Waals surface area (Å²) in [4.78, 5) is 2.67. The second-order valence-electron chi connectivity index (χ2n) is 12.4. The van der Waals surface area contributed by atoms with E-state index < -0.39 is 0 Å². The highest BCUT2D eigenvalue weighted by Crippen LogP contribution is 2.55. The molecule has 6 aromatic rings. The van der Waals surface area contributed by atoms with Crippen molar-refractivity contribution in [2.75, 3.05) is 0 Å². The molecule has 45 heavy (non-hydrogen) atoms. The Bertz CT molecular complexity index is 2430. The van der Waals surface area contributed by atoms with Crippen LogP contribution in [0.25, 0.3) is 49.0 Å². The minimum Gasteiger partial charge on any atom is -0.0891 e. The number of allylic oxidation sites excluding steroid dienone is 13. The van der Waals surface area contributed by atoms with Gasteiger partial charge in [0.25, 0.3) is 0 Å². The fourth-order valence-electron chi connectivity index (χ4n) is 8.07. The van der Waals surface area contributed by atoms with Crippen molar-refractivity contribution >= 4 is 49.7 Å². The van der Waals surface area contributed by atoms with Gasteiger partial charge in [0.2, 0.25) is 0 Å². The van der Waals surface area contributed by atoms with E-state index >= 15 is 0 Å². The molecule has 4 aliphatic rings. The van der Waals surface area contributed by atoms with Gasteiger partial charge in [0.05, 0.1) is 0 Å². The van der Waals surface area contributed by atoms with E-state index in [-0.39, 0.29) is 0 Å². The van der Waals surface area contributed by atoms with E-state index in [1.165, 1.54) is 86.7 Å². The fourth-order valence-corrected chi connectivity index (χ4v) is 9.17. The molecule has 0 saturated carbocycles. The Kier molecular flexibility index (Phi) is 5.44. The number of thioether (sulfide) groups is 1. The van der Waals surface area contributed by atoms with E-state index in [9.17, 15) is 0 Å². The predicted molar refractivity (Wildman–Crippen MR) is 192 cm³/mol. The monoisotopic (exact) mass is 588 g/mol. The zero-order valence-electron chi connectivity index (χ0n) is 24.6. The largest absolute Gasteiger partial charge is 0.0891 e. The van der Waals surface area contributed by atoms with Crippen molar-refractivity contribution in [1.29, 1.82) is 0 Å². The van der Waals surface area contributed by atoms with Crippen molar-refractivity contribution in [2.45, 2.75) is 4.90 Å². The van der Waals surface area contributed by atoms with Gasteiger partial charge in [-0.2, -0.15) is 0 Å². The Morgan fingerprint density at radius 3 is 1.93 bits per heavy atom. The summed E-state index contributed by atoms with van der Waals surface area (Å²) >= 11 is 1.93. The molecule has 6 aromatic carbocycles. The molecule has 10 rings (SSSR count). The van der Waals surface area contributed by atoms with E-state index in [2.05, 4.69) is 158 Å². The summed E-state index contributed by atoms with van der Waals surface area (Å²) in [5.74, 6) is 0.692. The molecule has 0 heterocycles. The van der Waals surface area contributed by atoms with Crippen molar-refractivity contribution in [3.63, 3.8) is 0 Å². The molecular formula is C44H28S. The molecule has 1 heteroatoms. The maximum absolute atomic E-state index is 2.39. The van der Waals surface area contributed by atoms with Gasteiger partial charge in [-0.25, -0.2) is 0 Å². The highest BCUT2D eigenvalue weighted by atomic mass is 32.2. The first-order chi connectivity index (χ1) is 22.3. The summed E-state index contributed by atoms with van der Waals surface area (Å²) in [6.45, 7) is 0. The molecule has 0 radical (unpaired) electrons. The van der Waals surface area contributed by atoms with Crippen molar-refractivity contribution < 1.29 is 0 Å². The zero-order chi connectivity index (χ0) is 29.5. The molecule has 0 spiro atoms. The Morgan fingerprint density at radius 1 is 0.467 bits per heavy atom. The third-order valence-electron chi connectivity index (χ3n) is 10.1. The second-order valence-corrected chi connectivity index (χ2v) is 13.5. The van der Waals surface area contributed by atoms with Crippen molar-refractivity contribution in [1.82, 2.24) is 0 Å². The highest BCUT2D eigenvalue weighted by Gasteiger charge is 2.40. The summed E-state index contributed by atoms with van der Waals surface area (Å²) in [6.07, 6.45) is 18.8. The molecule has 210 valence electrons. The minimum absolute atomic E-state index is 0.342. The standard InChI is InChI=1S/C44H28S/c1-3-7-27(8-4-1)33-19-11-29-15-23-37-39(25-17-31-13-21-35(33)41(29)43(31)37)45-40-26-18-32-14-22-36-34(28-9-5-2-6-10-28)20-12-30-16-24-38(40)44(32)42(30)36/h1-26,41,43H. The summed E-state index contributed by atoms with van der Waals surface area (Å²) in [5.41, 5.74) is 10.9.